The molecule has 1 aliphatic heterocycles. The Morgan fingerprint density at radius 2 is 1.91 bits per heavy atom. The van der Waals surface area contributed by atoms with E-state index in [9.17, 15) is 4.79 Å². The Morgan fingerprint density at radius 1 is 1.14 bits per heavy atom. The predicted octanol–water partition coefficient (Wildman–Crippen LogP) is 3.35. The van der Waals surface area contributed by atoms with E-state index in [0.717, 1.165) is 42.0 Å². The molecule has 2 aromatic rings. The van der Waals surface area contributed by atoms with Gasteiger partial charge in [0.25, 0.3) is 0 Å². The summed E-state index contributed by atoms with van der Waals surface area (Å²) in [6, 6.07) is 16.1. The summed E-state index contributed by atoms with van der Waals surface area (Å²) in [4.78, 5) is 14.0. The normalized spacial score (nSPS) is 13.6. The van der Waals surface area contributed by atoms with Crippen LogP contribution in [0.4, 0.5) is 0 Å². The van der Waals surface area contributed by atoms with Crippen LogP contribution in [0.25, 0.3) is 0 Å². The van der Waals surface area contributed by atoms with Crippen molar-refractivity contribution in [3.05, 3.63) is 65.2 Å². The smallest absolute Gasteiger partial charge is 0.227 e. The lowest BCUT2D eigenvalue weighted by molar-refractivity contribution is -0.133. The summed E-state index contributed by atoms with van der Waals surface area (Å²) in [6.07, 6.45) is 1.63. The quantitative estimate of drug-likeness (QED) is 0.846. The number of hydrogen-bond donors (Lipinski definition) is 0. The molecular formula is C19H21NO2. The predicted molar refractivity (Wildman–Crippen MR) is 86.9 cm³/mol. The molecule has 1 aliphatic rings. The molecule has 1 amide bonds. The number of carbonyl (C=O) groups is 1. The van der Waals surface area contributed by atoms with Crippen molar-refractivity contribution in [2.24, 2.45) is 0 Å². The van der Waals surface area contributed by atoms with Gasteiger partial charge in [0.05, 0.1) is 6.42 Å². The molecule has 1 heterocycles. The summed E-state index contributed by atoms with van der Waals surface area (Å²) >= 11 is 0. The van der Waals surface area contributed by atoms with Crippen molar-refractivity contribution in [1.29, 1.82) is 0 Å². The van der Waals surface area contributed by atoms with E-state index < -0.39 is 0 Å². The fourth-order valence-electron chi connectivity index (χ4n) is 2.54. The van der Waals surface area contributed by atoms with Gasteiger partial charge in [0.15, 0.2) is 0 Å². The number of rotatable bonds is 5. The average molecular weight is 295 g/mol. The highest BCUT2D eigenvalue weighted by Crippen LogP contribution is 2.20. The van der Waals surface area contributed by atoms with Crippen molar-refractivity contribution in [3.8, 4) is 5.75 Å². The Morgan fingerprint density at radius 3 is 2.55 bits per heavy atom. The Labute approximate surface area is 131 Å². The van der Waals surface area contributed by atoms with Gasteiger partial charge < -0.3 is 9.64 Å². The average Bonchev–Trinajstić information content (AvgIpc) is 2.47. The highest BCUT2D eigenvalue weighted by molar-refractivity contribution is 5.79. The van der Waals surface area contributed by atoms with Crippen LogP contribution in [0.5, 0.6) is 5.75 Å². The van der Waals surface area contributed by atoms with E-state index in [1.807, 2.05) is 60.4 Å². The largest absolute Gasteiger partial charge is 0.489 e. The molecule has 3 rings (SSSR count). The minimum absolute atomic E-state index is 0.229. The van der Waals surface area contributed by atoms with Crippen LogP contribution in [0.1, 0.15) is 23.1 Å². The highest BCUT2D eigenvalue weighted by Gasteiger charge is 2.20. The van der Waals surface area contributed by atoms with Crippen molar-refractivity contribution in [2.75, 3.05) is 13.1 Å². The number of nitrogens with zero attached hydrogens (tertiary/aromatic N) is 1. The van der Waals surface area contributed by atoms with Crippen LogP contribution in [-0.2, 0) is 17.8 Å². The molecule has 0 aliphatic carbocycles. The van der Waals surface area contributed by atoms with E-state index in [4.69, 9.17) is 4.74 Å². The Kier molecular flexibility index (Phi) is 4.42. The number of ether oxygens (including phenoxy) is 1. The van der Waals surface area contributed by atoms with Crippen molar-refractivity contribution >= 4 is 5.91 Å². The van der Waals surface area contributed by atoms with Gasteiger partial charge in [-0.05, 0) is 42.2 Å². The van der Waals surface area contributed by atoms with Crippen LogP contribution in [-0.4, -0.2) is 23.9 Å². The van der Waals surface area contributed by atoms with Crippen LogP contribution >= 0.6 is 0 Å². The number of carbonyl (C=O) groups excluding carboxylic acids is 1. The first-order chi connectivity index (χ1) is 10.7. The lowest BCUT2D eigenvalue weighted by Gasteiger charge is -2.31. The standard InChI is InChI=1S/C19H21NO2/c1-15-12-18(22-14-16-6-3-2-4-7-16)9-8-17(15)13-19(21)20-10-5-11-20/h2-4,6-9,12H,5,10-11,13-14H2,1H3. The summed E-state index contributed by atoms with van der Waals surface area (Å²) in [5, 5.41) is 0. The van der Waals surface area contributed by atoms with Gasteiger partial charge in [0.2, 0.25) is 5.91 Å². The van der Waals surface area contributed by atoms with Crippen LogP contribution in [0.2, 0.25) is 0 Å². The van der Waals surface area contributed by atoms with Gasteiger partial charge in [0, 0.05) is 13.1 Å². The van der Waals surface area contributed by atoms with Crippen LogP contribution in [0.3, 0.4) is 0 Å². The van der Waals surface area contributed by atoms with Crippen molar-refractivity contribution in [2.45, 2.75) is 26.4 Å². The maximum Gasteiger partial charge on any atom is 0.227 e. The SMILES string of the molecule is Cc1cc(OCc2ccccc2)ccc1CC(=O)N1CCC1. The molecule has 1 saturated heterocycles. The molecule has 0 unspecified atom stereocenters. The number of hydrogen-bond acceptors (Lipinski definition) is 2. The van der Waals surface area contributed by atoms with E-state index in [0.29, 0.717) is 13.0 Å². The van der Waals surface area contributed by atoms with E-state index in [-0.39, 0.29) is 5.91 Å². The Hall–Kier alpha value is -2.29. The van der Waals surface area contributed by atoms with Gasteiger partial charge in [-0.1, -0.05) is 36.4 Å². The van der Waals surface area contributed by atoms with E-state index in [1.54, 1.807) is 0 Å². The second-order valence-electron chi connectivity index (χ2n) is 5.77. The minimum atomic E-state index is 0.229. The molecule has 1 fully saturated rings. The van der Waals surface area contributed by atoms with Gasteiger partial charge in [-0.3, -0.25) is 4.79 Å². The van der Waals surface area contributed by atoms with Crippen LogP contribution in [0, 0.1) is 6.92 Å². The maximum absolute atomic E-state index is 12.0. The van der Waals surface area contributed by atoms with E-state index in [2.05, 4.69) is 0 Å². The maximum atomic E-state index is 12.0. The molecule has 22 heavy (non-hydrogen) atoms. The third-order valence-electron chi connectivity index (χ3n) is 4.11. The fourth-order valence-corrected chi connectivity index (χ4v) is 2.54. The lowest BCUT2D eigenvalue weighted by atomic mass is 10.0. The molecule has 3 nitrogen and oxygen atoms in total. The molecule has 114 valence electrons. The number of amides is 1. The summed E-state index contributed by atoms with van der Waals surface area (Å²) in [6.45, 7) is 4.42. The van der Waals surface area contributed by atoms with Gasteiger partial charge in [-0.2, -0.15) is 0 Å². The van der Waals surface area contributed by atoms with E-state index >= 15 is 0 Å². The fraction of sp³-hybridized carbons (Fsp3) is 0.316. The lowest BCUT2D eigenvalue weighted by Crippen LogP contribution is -2.42. The molecule has 0 bridgehead atoms. The summed E-state index contributed by atoms with van der Waals surface area (Å²) < 4.78 is 5.82. The molecule has 3 heteroatoms. The molecular weight excluding hydrogens is 274 g/mol. The zero-order valence-electron chi connectivity index (χ0n) is 12.9. The second kappa shape index (κ2) is 6.65. The molecule has 0 atom stereocenters. The summed E-state index contributed by atoms with van der Waals surface area (Å²) in [5.41, 5.74) is 3.35. The zero-order chi connectivity index (χ0) is 15.4. The van der Waals surface area contributed by atoms with Crippen LogP contribution in [0.15, 0.2) is 48.5 Å². The van der Waals surface area contributed by atoms with E-state index in [1.165, 1.54) is 0 Å². The molecule has 0 N–H and O–H groups in total. The van der Waals surface area contributed by atoms with Gasteiger partial charge in [-0.15, -0.1) is 0 Å². The first-order valence-corrected chi connectivity index (χ1v) is 7.76. The molecule has 0 spiro atoms. The third-order valence-corrected chi connectivity index (χ3v) is 4.11. The summed E-state index contributed by atoms with van der Waals surface area (Å²) in [5.74, 6) is 1.08. The number of likely N-dealkylation sites (tertiary alicyclic amines) is 1. The van der Waals surface area contributed by atoms with Gasteiger partial charge in [-0.25, -0.2) is 0 Å². The highest BCUT2D eigenvalue weighted by atomic mass is 16.5. The molecule has 0 radical (unpaired) electrons. The number of benzene rings is 2. The first kappa shape index (κ1) is 14.6. The third kappa shape index (κ3) is 3.48. The van der Waals surface area contributed by atoms with Crippen molar-refractivity contribution in [3.63, 3.8) is 0 Å². The van der Waals surface area contributed by atoms with Gasteiger partial charge >= 0.3 is 0 Å². The second-order valence-corrected chi connectivity index (χ2v) is 5.77. The monoisotopic (exact) mass is 295 g/mol. The zero-order valence-corrected chi connectivity index (χ0v) is 12.9. The summed E-state index contributed by atoms with van der Waals surface area (Å²) in [7, 11) is 0. The minimum Gasteiger partial charge on any atom is -0.489 e. The molecule has 0 aromatic heterocycles. The first-order valence-electron chi connectivity index (χ1n) is 7.76. The Bertz CT molecular complexity index is 648. The Balaban J connectivity index is 1.60. The van der Waals surface area contributed by atoms with Gasteiger partial charge in [0.1, 0.15) is 12.4 Å². The molecule has 0 saturated carbocycles. The number of aryl methyl sites for hydroxylation is 1. The van der Waals surface area contributed by atoms with Crippen molar-refractivity contribution < 1.29 is 9.53 Å². The molecule has 2 aromatic carbocycles. The van der Waals surface area contributed by atoms with Crippen LogP contribution < -0.4 is 4.74 Å². The topological polar surface area (TPSA) is 29.5 Å². The van der Waals surface area contributed by atoms with Crippen molar-refractivity contribution in [1.82, 2.24) is 4.90 Å².